The first kappa shape index (κ1) is 16.0. The van der Waals surface area contributed by atoms with Crippen LogP contribution in [0.1, 0.15) is 45.6 Å². The highest BCUT2D eigenvalue weighted by Crippen LogP contribution is 2.25. The number of likely N-dealkylation sites (N-methyl/N-ethyl adjacent to an activating group) is 1. The van der Waals surface area contributed by atoms with Gasteiger partial charge in [-0.05, 0) is 32.6 Å². The molecule has 0 aromatic carbocycles. The van der Waals surface area contributed by atoms with Gasteiger partial charge in [-0.3, -0.25) is 0 Å². The number of rotatable bonds is 8. The summed E-state index contributed by atoms with van der Waals surface area (Å²) in [5.41, 5.74) is 1.21. The number of nitrogens with zero attached hydrogens (tertiary/aromatic N) is 3. The molecule has 118 valence electrons. The zero-order valence-corrected chi connectivity index (χ0v) is 13.6. The van der Waals surface area contributed by atoms with Gasteiger partial charge in [-0.15, -0.1) is 0 Å². The van der Waals surface area contributed by atoms with Crippen LogP contribution in [0.5, 0.6) is 0 Å². The molecule has 0 radical (unpaired) electrons. The fraction of sp³-hybridized carbons (Fsp3) is 0.750. The molecule has 5 heteroatoms. The molecule has 1 fully saturated rings. The van der Waals surface area contributed by atoms with E-state index in [9.17, 15) is 0 Å². The second kappa shape index (κ2) is 8.17. The van der Waals surface area contributed by atoms with E-state index in [0.717, 1.165) is 57.1 Å². The third kappa shape index (κ3) is 4.06. The van der Waals surface area contributed by atoms with Crippen molar-refractivity contribution in [1.82, 2.24) is 9.97 Å². The molecule has 0 aliphatic carbocycles. The van der Waals surface area contributed by atoms with E-state index >= 15 is 0 Å². The van der Waals surface area contributed by atoms with Crippen molar-refractivity contribution >= 4 is 11.6 Å². The quantitative estimate of drug-likeness (QED) is 0.798. The lowest BCUT2D eigenvalue weighted by Gasteiger charge is -2.27. The van der Waals surface area contributed by atoms with Crippen molar-refractivity contribution in [2.75, 3.05) is 36.5 Å². The average molecular weight is 292 g/mol. The highest BCUT2D eigenvalue weighted by atomic mass is 16.5. The molecule has 0 bridgehead atoms. The molecule has 2 rings (SSSR count). The Hall–Kier alpha value is -1.36. The van der Waals surface area contributed by atoms with Crippen LogP contribution in [-0.4, -0.2) is 42.3 Å². The van der Waals surface area contributed by atoms with Crippen molar-refractivity contribution in [2.24, 2.45) is 0 Å². The fourth-order valence-corrected chi connectivity index (χ4v) is 2.80. The molecule has 2 heterocycles. The molecule has 0 amide bonds. The lowest BCUT2D eigenvalue weighted by molar-refractivity contribution is 0.115. The highest BCUT2D eigenvalue weighted by Gasteiger charge is 2.21. The Kier molecular flexibility index (Phi) is 6.23. The van der Waals surface area contributed by atoms with E-state index in [1.165, 1.54) is 12.0 Å². The Morgan fingerprint density at radius 3 is 2.81 bits per heavy atom. The van der Waals surface area contributed by atoms with Crippen molar-refractivity contribution in [2.45, 2.75) is 52.6 Å². The van der Waals surface area contributed by atoms with Crippen molar-refractivity contribution in [1.29, 1.82) is 0 Å². The molecule has 1 atom stereocenters. The molecule has 1 aromatic rings. The van der Waals surface area contributed by atoms with Crippen LogP contribution in [0.2, 0.25) is 0 Å². The predicted molar refractivity (Wildman–Crippen MR) is 87.1 cm³/mol. The van der Waals surface area contributed by atoms with Crippen LogP contribution >= 0.6 is 0 Å². The van der Waals surface area contributed by atoms with Crippen LogP contribution in [0.3, 0.4) is 0 Å². The molecule has 1 aliphatic heterocycles. The first-order valence-electron chi connectivity index (χ1n) is 8.24. The summed E-state index contributed by atoms with van der Waals surface area (Å²) in [5, 5.41) is 3.42. The second-order valence-corrected chi connectivity index (χ2v) is 5.48. The second-order valence-electron chi connectivity index (χ2n) is 5.48. The summed E-state index contributed by atoms with van der Waals surface area (Å²) in [6.07, 6.45) is 6.38. The molecule has 21 heavy (non-hydrogen) atoms. The molecule has 1 unspecified atom stereocenters. The molecule has 1 aliphatic rings. The number of aromatic nitrogens is 2. The zero-order valence-electron chi connectivity index (χ0n) is 13.6. The Labute approximate surface area is 128 Å². The number of ether oxygens (including phenoxy) is 1. The van der Waals surface area contributed by atoms with Gasteiger partial charge in [0.15, 0.2) is 0 Å². The monoisotopic (exact) mass is 292 g/mol. The van der Waals surface area contributed by atoms with Crippen LogP contribution in [0, 0.1) is 0 Å². The maximum atomic E-state index is 5.77. The number of nitrogens with one attached hydrogen (secondary N) is 1. The van der Waals surface area contributed by atoms with E-state index in [2.05, 4.69) is 41.0 Å². The maximum Gasteiger partial charge on any atom is 0.137 e. The fourth-order valence-electron chi connectivity index (χ4n) is 2.80. The lowest BCUT2D eigenvalue weighted by atomic mass is 10.1. The molecule has 0 saturated carbocycles. The van der Waals surface area contributed by atoms with Crippen LogP contribution < -0.4 is 10.2 Å². The first-order chi connectivity index (χ1) is 10.3. The molecule has 1 aromatic heterocycles. The molecule has 1 N–H and O–H groups in total. The Balaban J connectivity index is 2.18. The van der Waals surface area contributed by atoms with Gasteiger partial charge in [-0.2, -0.15) is 0 Å². The summed E-state index contributed by atoms with van der Waals surface area (Å²) in [5.74, 6) is 2.04. The van der Waals surface area contributed by atoms with Gasteiger partial charge < -0.3 is 15.0 Å². The van der Waals surface area contributed by atoms with E-state index in [4.69, 9.17) is 4.74 Å². The summed E-state index contributed by atoms with van der Waals surface area (Å²) in [6, 6.07) is 0. The molecular formula is C16H28N4O. The van der Waals surface area contributed by atoms with Gasteiger partial charge in [0.25, 0.3) is 0 Å². The summed E-state index contributed by atoms with van der Waals surface area (Å²) >= 11 is 0. The van der Waals surface area contributed by atoms with Crippen molar-refractivity contribution in [3.05, 3.63) is 11.9 Å². The summed E-state index contributed by atoms with van der Waals surface area (Å²) in [4.78, 5) is 11.3. The van der Waals surface area contributed by atoms with Gasteiger partial charge in [0.2, 0.25) is 0 Å². The summed E-state index contributed by atoms with van der Waals surface area (Å²) in [6.45, 7) is 10.2. The topological polar surface area (TPSA) is 50.3 Å². The summed E-state index contributed by atoms with van der Waals surface area (Å²) < 4.78 is 5.77. The lowest BCUT2D eigenvalue weighted by Crippen LogP contribution is -2.33. The maximum absolute atomic E-state index is 5.77. The number of anilines is 2. The van der Waals surface area contributed by atoms with E-state index < -0.39 is 0 Å². The van der Waals surface area contributed by atoms with Crippen molar-refractivity contribution in [3.8, 4) is 0 Å². The van der Waals surface area contributed by atoms with Gasteiger partial charge in [0.1, 0.15) is 18.0 Å². The average Bonchev–Trinajstić information content (AvgIpc) is 3.03. The largest absolute Gasteiger partial charge is 0.376 e. The number of hydrogen-bond acceptors (Lipinski definition) is 5. The highest BCUT2D eigenvalue weighted by molar-refractivity contribution is 5.58. The third-order valence-electron chi connectivity index (χ3n) is 3.95. The van der Waals surface area contributed by atoms with Crippen LogP contribution in [0.15, 0.2) is 6.33 Å². The van der Waals surface area contributed by atoms with E-state index in [1.54, 1.807) is 6.33 Å². The standard InChI is InChI=1S/C16H28N4O/c1-4-9-17-15-14(5-2)16(19-12-18-15)20(6-3)11-13-8-7-10-21-13/h12-13H,4-11H2,1-3H3,(H,17,18,19). The summed E-state index contributed by atoms with van der Waals surface area (Å²) in [7, 11) is 0. The minimum atomic E-state index is 0.344. The Bertz CT molecular complexity index is 432. The molecule has 0 spiro atoms. The van der Waals surface area contributed by atoms with Gasteiger partial charge in [-0.25, -0.2) is 9.97 Å². The van der Waals surface area contributed by atoms with Crippen LogP contribution in [0.4, 0.5) is 11.6 Å². The Morgan fingerprint density at radius 1 is 1.33 bits per heavy atom. The van der Waals surface area contributed by atoms with E-state index in [0.29, 0.717) is 6.10 Å². The normalized spacial score (nSPS) is 18.0. The molecular weight excluding hydrogens is 264 g/mol. The predicted octanol–water partition coefficient (Wildman–Crippen LogP) is 2.87. The van der Waals surface area contributed by atoms with Gasteiger partial charge in [0.05, 0.1) is 6.10 Å². The third-order valence-corrected chi connectivity index (χ3v) is 3.95. The van der Waals surface area contributed by atoms with E-state index in [1.807, 2.05) is 0 Å². The van der Waals surface area contributed by atoms with E-state index in [-0.39, 0.29) is 0 Å². The van der Waals surface area contributed by atoms with Crippen molar-refractivity contribution in [3.63, 3.8) is 0 Å². The molecule has 5 nitrogen and oxygen atoms in total. The minimum Gasteiger partial charge on any atom is -0.376 e. The van der Waals surface area contributed by atoms with Crippen molar-refractivity contribution < 1.29 is 4.74 Å². The smallest absolute Gasteiger partial charge is 0.137 e. The van der Waals surface area contributed by atoms with Gasteiger partial charge in [0, 0.05) is 31.8 Å². The zero-order chi connectivity index (χ0) is 15.1. The first-order valence-corrected chi connectivity index (χ1v) is 8.24. The Morgan fingerprint density at radius 2 is 2.19 bits per heavy atom. The SMILES string of the molecule is CCCNc1ncnc(N(CC)CC2CCCO2)c1CC. The van der Waals surface area contributed by atoms with Crippen LogP contribution in [-0.2, 0) is 11.2 Å². The number of hydrogen-bond donors (Lipinski definition) is 1. The van der Waals surface area contributed by atoms with Gasteiger partial charge in [-0.1, -0.05) is 13.8 Å². The van der Waals surface area contributed by atoms with Gasteiger partial charge >= 0.3 is 0 Å². The van der Waals surface area contributed by atoms with Crippen LogP contribution in [0.25, 0.3) is 0 Å². The molecule has 1 saturated heterocycles. The minimum absolute atomic E-state index is 0.344.